The van der Waals surface area contributed by atoms with E-state index in [4.69, 9.17) is 9.47 Å². The van der Waals surface area contributed by atoms with Crippen LogP contribution in [0.5, 0.6) is 5.75 Å². The summed E-state index contributed by atoms with van der Waals surface area (Å²) in [4.78, 5) is 36.1. The molecule has 0 aliphatic rings. The van der Waals surface area contributed by atoms with Crippen molar-refractivity contribution in [3.05, 3.63) is 59.7 Å². The summed E-state index contributed by atoms with van der Waals surface area (Å²) in [6, 6.07) is 14.0. The van der Waals surface area contributed by atoms with Crippen LogP contribution in [-0.4, -0.2) is 37.5 Å². The third-order valence-corrected chi connectivity index (χ3v) is 4.03. The highest BCUT2D eigenvalue weighted by Crippen LogP contribution is 2.12. The Morgan fingerprint density at radius 2 is 1.79 bits per heavy atom. The first-order chi connectivity index (χ1) is 13.4. The van der Waals surface area contributed by atoms with E-state index in [1.54, 1.807) is 36.4 Å². The highest BCUT2D eigenvalue weighted by Gasteiger charge is 2.18. The van der Waals surface area contributed by atoms with E-state index < -0.39 is 23.9 Å². The van der Waals surface area contributed by atoms with Crippen LogP contribution in [0.4, 0.5) is 5.69 Å². The fourth-order valence-corrected chi connectivity index (χ4v) is 2.38. The molecule has 2 aromatic carbocycles. The largest absolute Gasteiger partial charge is 0.497 e. The summed E-state index contributed by atoms with van der Waals surface area (Å²) in [7, 11) is 1.50. The van der Waals surface area contributed by atoms with Gasteiger partial charge in [-0.15, -0.1) is 0 Å². The minimum absolute atomic E-state index is 0.348. The van der Waals surface area contributed by atoms with Crippen molar-refractivity contribution >= 4 is 23.5 Å². The molecule has 0 heterocycles. The molecular weight excluding hydrogens is 360 g/mol. The first-order valence-corrected chi connectivity index (χ1v) is 8.94. The standard InChI is InChI=1S/C21H24N2O5/c1-4-15-8-10-17(11-9-15)23-20(25)14(2)28-19(24)13-22-21(26)16-6-5-7-18(12-16)27-3/h5-12,14H,4,13H2,1-3H3,(H,22,26)(H,23,25)/t14-/m1/s1. The van der Waals surface area contributed by atoms with Gasteiger partial charge < -0.3 is 20.1 Å². The molecule has 0 radical (unpaired) electrons. The van der Waals surface area contributed by atoms with Crippen molar-refractivity contribution in [2.24, 2.45) is 0 Å². The average molecular weight is 384 g/mol. The number of hydrogen-bond donors (Lipinski definition) is 2. The van der Waals surface area contributed by atoms with Crippen molar-refractivity contribution in [2.75, 3.05) is 19.0 Å². The van der Waals surface area contributed by atoms with Gasteiger partial charge in [0.2, 0.25) is 0 Å². The van der Waals surface area contributed by atoms with Crippen molar-refractivity contribution < 1.29 is 23.9 Å². The molecule has 0 spiro atoms. The summed E-state index contributed by atoms with van der Waals surface area (Å²) in [6.07, 6.45) is -0.0870. The van der Waals surface area contributed by atoms with Crippen LogP contribution in [0, 0.1) is 0 Å². The van der Waals surface area contributed by atoms with E-state index in [1.165, 1.54) is 14.0 Å². The smallest absolute Gasteiger partial charge is 0.326 e. The number of methoxy groups -OCH3 is 1. The summed E-state index contributed by atoms with van der Waals surface area (Å²) >= 11 is 0. The quantitative estimate of drug-likeness (QED) is 0.682. The number of nitrogens with one attached hydrogen (secondary N) is 2. The van der Waals surface area contributed by atoms with Crippen LogP contribution in [0.3, 0.4) is 0 Å². The lowest BCUT2D eigenvalue weighted by molar-refractivity contribution is -0.152. The lowest BCUT2D eigenvalue weighted by atomic mass is 10.1. The fraction of sp³-hybridized carbons (Fsp3) is 0.286. The minimum Gasteiger partial charge on any atom is -0.497 e. The SMILES string of the molecule is CCc1ccc(NC(=O)[C@@H](C)OC(=O)CNC(=O)c2cccc(OC)c2)cc1. The lowest BCUT2D eigenvalue weighted by Crippen LogP contribution is -2.35. The molecule has 2 aromatic rings. The molecule has 2 rings (SSSR count). The number of anilines is 1. The van der Waals surface area contributed by atoms with Gasteiger partial charge in [0.1, 0.15) is 12.3 Å². The van der Waals surface area contributed by atoms with E-state index in [9.17, 15) is 14.4 Å². The van der Waals surface area contributed by atoms with Crippen LogP contribution in [0.25, 0.3) is 0 Å². The maximum absolute atomic E-state index is 12.1. The zero-order chi connectivity index (χ0) is 20.5. The Bertz CT molecular complexity index is 833. The zero-order valence-electron chi connectivity index (χ0n) is 16.2. The Balaban J connectivity index is 1.80. The van der Waals surface area contributed by atoms with E-state index in [0.717, 1.165) is 12.0 Å². The van der Waals surface area contributed by atoms with Crippen LogP contribution < -0.4 is 15.4 Å². The Morgan fingerprint density at radius 1 is 1.07 bits per heavy atom. The first-order valence-electron chi connectivity index (χ1n) is 8.94. The second-order valence-electron chi connectivity index (χ2n) is 6.09. The summed E-state index contributed by atoms with van der Waals surface area (Å²) < 4.78 is 10.1. The number of esters is 1. The molecule has 0 aliphatic carbocycles. The number of carbonyl (C=O) groups excluding carboxylic acids is 3. The number of ether oxygens (including phenoxy) is 2. The fourth-order valence-electron chi connectivity index (χ4n) is 2.38. The predicted octanol–water partition coefficient (Wildman–Crippen LogP) is 2.56. The highest BCUT2D eigenvalue weighted by atomic mass is 16.5. The molecule has 0 bridgehead atoms. The second kappa shape index (κ2) is 10.1. The Kier molecular flexibility index (Phi) is 7.56. The first kappa shape index (κ1) is 21.0. The topological polar surface area (TPSA) is 93.7 Å². The second-order valence-corrected chi connectivity index (χ2v) is 6.09. The summed E-state index contributed by atoms with van der Waals surface area (Å²) in [5.41, 5.74) is 2.13. The number of benzene rings is 2. The molecule has 2 N–H and O–H groups in total. The molecule has 0 saturated carbocycles. The van der Waals surface area contributed by atoms with E-state index in [1.807, 2.05) is 19.1 Å². The van der Waals surface area contributed by atoms with E-state index >= 15 is 0 Å². The summed E-state index contributed by atoms with van der Waals surface area (Å²) in [5.74, 6) is -1.06. The van der Waals surface area contributed by atoms with Gasteiger partial charge >= 0.3 is 5.97 Å². The molecule has 1 atom stereocenters. The molecule has 7 heteroatoms. The van der Waals surface area contributed by atoms with Crippen LogP contribution >= 0.6 is 0 Å². The van der Waals surface area contributed by atoms with Gasteiger partial charge in [-0.2, -0.15) is 0 Å². The van der Waals surface area contributed by atoms with Gasteiger partial charge in [0.15, 0.2) is 6.10 Å². The molecule has 2 amide bonds. The Hall–Kier alpha value is -3.35. The van der Waals surface area contributed by atoms with Crippen molar-refractivity contribution in [1.29, 1.82) is 0 Å². The van der Waals surface area contributed by atoms with E-state index in [-0.39, 0.29) is 6.54 Å². The van der Waals surface area contributed by atoms with E-state index in [0.29, 0.717) is 17.0 Å². The molecule has 0 unspecified atom stereocenters. The minimum atomic E-state index is -0.993. The van der Waals surface area contributed by atoms with Gasteiger partial charge in [-0.05, 0) is 49.2 Å². The predicted molar refractivity (Wildman–Crippen MR) is 105 cm³/mol. The van der Waals surface area contributed by atoms with Gasteiger partial charge in [0, 0.05) is 11.3 Å². The van der Waals surface area contributed by atoms with Crippen molar-refractivity contribution in [2.45, 2.75) is 26.4 Å². The Morgan fingerprint density at radius 3 is 2.43 bits per heavy atom. The molecule has 28 heavy (non-hydrogen) atoms. The lowest BCUT2D eigenvalue weighted by Gasteiger charge is -2.14. The van der Waals surface area contributed by atoms with Gasteiger partial charge in [-0.1, -0.05) is 25.1 Å². The number of hydrogen-bond acceptors (Lipinski definition) is 5. The molecule has 0 aromatic heterocycles. The molecule has 148 valence electrons. The van der Waals surface area contributed by atoms with Crippen LogP contribution in [0.1, 0.15) is 29.8 Å². The van der Waals surface area contributed by atoms with Crippen LogP contribution in [0.2, 0.25) is 0 Å². The van der Waals surface area contributed by atoms with E-state index in [2.05, 4.69) is 10.6 Å². The van der Waals surface area contributed by atoms with Gasteiger partial charge in [-0.3, -0.25) is 14.4 Å². The highest BCUT2D eigenvalue weighted by molar-refractivity contribution is 5.97. The molecule has 0 saturated heterocycles. The monoisotopic (exact) mass is 384 g/mol. The maximum Gasteiger partial charge on any atom is 0.326 e. The normalized spacial score (nSPS) is 11.2. The summed E-state index contributed by atoms with van der Waals surface area (Å²) in [6.45, 7) is 3.17. The molecule has 7 nitrogen and oxygen atoms in total. The summed E-state index contributed by atoms with van der Waals surface area (Å²) in [5, 5.41) is 5.14. The number of aryl methyl sites for hydroxylation is 1. The van der Waals surface area contributed by atoms with Crippen molar-refractivity contribution in [1.82, 2.24) is 5.32 Å². The number of amides is 2. The Labute approximate surface area is 164 Å². The molecular formula is C21H24N2O5. The van der Waals surface area contributed by atoms with Gasteiger partial charge in [0.05, 0.1) is 7.11 Å². The maximum atomic E-state index is 12.1. The number of rotatable bonds is 8. The number of carbonyl (C=O) groups is 3. The molecule has 0 fully saturated rings. The van der Waals surface area contributed by atoms with Crippen LogP contribution in [0.15, 0.2) is 48.5 Å². The third-order valence-electron chi connectivity index (χ3n) is 4.03. The van der Waals surface area contributed by atoms with Crippen LogP contribution in [-0.2, 0) is 20.7 Å². The third kappa shape index (κ3) is 6.12. The average Bonchev–Trinajstić information content (AvgIpc) is 2.72. The van der Waals surface area contributed by atoms with Gasteiger partial charge in [-0.25, -0.2) is 0 Å². The van der Waals surface area contributed by atoms with Gasteiger partial charge in [0.25, 0.3) is 11.8 Å². The van der Waals surface area contributed by atoms with Crippen molar-refractivity contribution in [3.63, 3.8) is 0 Å². The molecule has 0 aliphatic heterocycles. The zero-order valence-corrected chi connectivity index (χ0v) is 16.2. The van der Waals surface area contributed by atoms with Crippen molar-refractivity contribution in [3.8, 4) is 5.75 Å².